The highest BCUT2D eigenvalue weighted by atomic mass is 32.2. The number of nitrogens with zero attached hydrogens (tertiary/aromatic N) is 4. The third-order valence-corrected chi connectivity index (χ3v) is 6.91. The summed E-state index contributed by atoms with van der Waals surface area (Å²) >= 11 is 0. The van der Waals surface area contributed by atoms with E-state index in [4.69, 9.17) is 0 Å². The first-order valence-electron chi connectivity index (χ1n) is 9.32. The zero-order valence-corrected chi connectivity index (χ0v) is 16.2. The molecule has 3 heterocycles. The first-order chi connectivity index (χ1) is 13.2. The van der Waals surface area contributed by atoms with Crippen LogP contribution < -0.4 is 5.32 Å². The third kappa shape index (κ3) is 3.58. The number of aliphatic hydroxyl groups is 1. The summed E-state index contributed by atoms with van der Waals surface area (Å²) in [5.74, 6) is -0.533. The number of halogens is 2. The normalized spacial score (nSPS) is 29.4. The van der Waals surface area contributed by atoms with Gasteiger partial charge in [0.1, 0.15) is 11.7 Å². The quantitative estimate of drug-likeness (QED) is 0.781. The topological polar surface area (TPSA) is 99.8 Å². The fourth-order valence-electron chi connectivity index (χ4n) is 4.10. The molecule has 1 saturated carbocycles. The molecule has 4 atom stereocenters. The van der Waals surface area contributed by atoms with Crippen LogP contribution in [0, 0.1) is 5.82 Å². The van der Waals surface area contributed by atoms with Crippen molar-refractivity contribution >= 4 is 21.5 Å². The number of aromatic nitrogens is 3. The van der Waals surface area contributed by atoms with E-state index in [0.717, 1.165) is 23.4 Å². The van der Waals surface area contributed by atoms with Crippen molar-refractivity contribution in [3.8, 4) is 0 Å². The summed E-state index contributed by atoms with van der Waals surface area (Å²) < 4.78 is 54.5. The van der Waals surface area contributed by atoms with Gasteiger partial charge in [-0.1, -0.05) is 6.42 Å². The van der Waals surface area contributed by atoms with Crippen molar-refractivity contribution < 1.29 is 22.3 Å². The molecule has 0 amide bonds. The van der Waals surface area contributed by atoms with Gasteiger partial charge in [-0.25, -0.2) is 26.7 Å². The van der Waals surface area contributed by atoms with Gasteiger partial charge in [-0.2, -0.15) is 4.31 Å². The molecular weight excluding hydrogens is 392 g/mol. The van der Waals surface area contributed by atoms with Crippen molar-refractivity contribution in [3.63, 3.8) is 0 Å². The molecule has 2 aromatic rings. The van der Waals surface area contributed by atoms with Gasteiger partial charge in [-0.05, 0) is 25.3 Å². The Bertz CT molecular complexity index is 983. The standard InChI is InChI=1S/C17H23F2N5O3S/c1-28(26,27)23-6-5-13(12(19)9-23)21-17-20-8-15-11(18)7-14(24(15)22-17)10-3-2-4-16(10)25/h7-8,10,12-13,16,25H,2-6,9H2,1H3,(H,21,22)/t10-,12+,13+,16+/m0/s1. The van der Waals surface area contributed by atoms with Crippen LogP contribution in [0.15, 0.2) is 12.3 Å². The van der Waals surface area contributed by atoms with E-state index in [9.17, 15) is 22.3 Å². The van der Waals surface area contributed by atoms with Crippen LogP contribution in [-0.4, -0.2) is 70.1 Å². The summed E-state index contributed by atoms with van der Waals surface area (Å²) in [5.41, 5.74) is 0.773. The number of aliphatic hydroxyl groups excluding tert-OH is 1. The predicted octanol–water partition coefficient (Wildman–Crippen LogP) is 1.28. The van der Waals surface area contributed by atoms with Crippen molar-refractivity contribution in [2.45, 2.75) is 49.9 Å². The molecule has 1 aliphatic heterocycles. The summed E-state index contributed by atoms with van der Waals surface area (Å²) in [6.45, 7) is -0.0206. The smallest absolute Gasteiger partial charge is 0.241 e. The Hall–Kier alpha value is -1.85. The van der Waals surface area contributed by atoms with Gasteiger partial charge in [0.25, 0.3) is 0 Å². The molecule has 1 saturated heterocycles. The van der Waals surface area contributed by atoms with Gasteiger partial charge in [0.15, 0.2) is 5.82 Å². The van der Waals surface area contributed by atoms with Gasteiger partial charge in [0.05, 0.1) is 30.3 Å². The Morgan fingerprint density at radius 3 is 2.75 bits per heavy atom. The Balaban J connectivity index is 1.57. The van der Waals surface area contributed by atoms with E-state index in [1.807, 2.05) is 0 Å². The SMILES string of the molecule is CS(=O)(=O)N1CC[C@@H](Nc2ncc3c(F)cc([C@@H]4CCC[C@H]4O)n3n2)[C@H](F)C1. The minimum atomic E-state index is -3.44. The van der Waals surface area contributed by atoms with E-state index in [1.54, 1.807) is 0 Å². The van der Waals surface area contributed by atoms with Gasteiger partial charge in [-0.15, -0.1) is 5.10 Å². The summed E-state index contributed by atoms with van der Waals surface area (Å²) in [7, 11) is -3.44. The van der Waals surface area contributed by atoms with Gasteiger partial charge < -0.3 is 10.4 Å². The van der Waals surface area contributed by atoms with E-state index < -0.39 is 34.2 Å². The van der Waals surface area contributed by atoms with Crippen LogP contribution in [0.5, 0.6) is 0 Å². The number of rotatable bonds is 4. The molecule has 2 aromatic heterocycles. The van der Waals surface area contributed by atoms with Crippen LogP contribution in [0.4, 0.5) is 14.7 Å². The Morgan fingerprint density at radius 1 is 1.32 bits per heavy atom. The highest BCUT2D eigenvalue weighted by Gasteiger charge is 2.34. The van der Waals surface area contributed by atoms with Crippen molar-refractivity contribution in [3.05, 3.63) is 23.8 Å². The number of sulfonamides is 1. The molecule has 8 nitrogen and oxygen atoms in total. The number of fused-ring (bicyclic) bond motifs is 1. The fourth-order valence-corrected chi connectivity index (χ4v) is 4.95. The maximum absolute atomic E-state index is 14.5. The van der Waals surface area contributed by atoms with E-state index in [0.29, 0.717) is 12.1 Å². The average molecular weight is 415 g/mol. The van der Waals surface area contributed by atoms with Crippen LogP contribution in [0.25, 0.3) is 5.52 Å². The number of alkyl halides is 1. The molecule has 4 rings (SSSR count). The highest BCUT2D eigenvalue weighted by molar-refractivity contribution is 7.88. The maximum Gasteiger partial charge on any atom is 0.241 e. The van der Waals surface area contributed by atoms with Crippen LogP contribution in [-0.2, 0) is 10.0 Å². The monoisotopic (exact) mass is 415 g/mol. The summed E-state index contributed by atoms with van der Waals surface area (Å²) in [6, 6.07) is 0.728. The maximum atomic E-state index is 14.5. The minimum absolute atomic E-state index is 0.136. The van der Waals surface area contributed by atoms with E-state index in [2.05, 4.69) is 15.4 Å². The van der Waals surface area contributed by atoms with Crippen molar-refractivity contribution in [2.24, 2.45) is 0 Å². The molecule has 2 fully saturated rings. The molecule has 0 bridgehead atoms. The molecule has 0 aromatic carbocycles. The van der Waals surface area contributed by atoms with Crippen molar-refractivity contribution in [1.82, 2.24) is 18.9 Å². The van der Waals surface area contributed by atoms with E-state index in [1.165, 1.54) is 16.8 Å². The first kappa shape index (κ1) is 19.5. The van der Waals surface area contributed by atoms with E-state index in [-0.39, 0.29) is 36.9 Å². The first-order valence-corrected chi connectivity index (χ1v) is 11.2. The lowest BCUT2D eigenvalue weighted by Gasteiger charge is -2.33. The molecule has 0 radical (unpaired) electrons. The van der Waals surface area contributed by atoms with E-state index >= 15 is 0 Å². The molecule has 1 aliphatic carbocycles. The van der Waals surface area contributed by atoms with Crippen LogP contribution >= 0.6 is 0 Å². The molecule has 2 N–H and O–H groups in total. The van der Waals surface area contributed by atoms with Crippen LogP contribution in [0.2, 0.25) is 0 Å². The summed E-state index contributed by atoms with van der Waals surface area (Å²) in [4.78, 5) is 4.08. The molecule has 0 unspecified atom stereocenters. The zero-order valence-electron chi connectivity index (χ0n) is 15.4. The van der Waals surface area contributed by atoms with Crippen LogP contribution in [0.1, 0.15) is 37.3 Å². The van der Waals surface area contributed by atoms with Gasteiger partial charge in [0, 0.05) is 19.0 Å². The summed E-state index contributed by atoms with van der Waals surface area (Å²) in [5, 5.41) is 17.4. The molecule has 11 heteroatoms. The molecule has 0 spiro atoms. The fraction of sp³-hybridized carbons (Fsp3) is 0.647. The molecule has 2 aliphatic rings. The largest absolute Gasteiger partial charge is 0.392 e. The second-order valence-electron chi connectivity index (χ2n) is 7.58. The number of piperidine rings is 1. The zero-order chi connectivity index (χ0) is 20.1. The number of nitrogens with one attached hydrogen (secondary N) is 1. The van der Waals surface area contributed by atoms with Crippen LogP contribution in [0.3, 0.4) is 0 Å². The Labute approximate surface area is 161 Å². The molecular formula is C17H23F2N5O3S. The van der Waals surface area contributed by atoms with Crippen molar-refractivity contribution in [1.29, 1.82) is 0 Å². The Kier molecular flexibility index (Phi) is 5.00. The summed E-state index contributed by atoms with van der Waals surface area (Å²) in [6.07, 6.45) is 2.97. The lowest BCUT2D eigenvalue weighted by molar-refractivity contribution is 0.161. The predicted molar refractivity (Wildman–Crippen MR) is 98.9 cm³/mol. The van der Waals surface area contributed by atoms with Gasteiger partial charge in [0.2, 0.25) is 16.0 Å². The third-order valence-electron chi connectivity index (χ3n) is 5.64. The second-order valence-corrected chi connectivity index (χ2v) is 9.56. The number of hydrogen-bond acceptors (Lipinski definition) is 6. The van der Waals surface area contributed by atoms with Gasteiger partial charge >= 0.3 is 0 Å². The second kappa shape index (κ2) is 7.20. The number of anilines is 1. The van der Waals surface area contributed by atoms with Gasteiger partial charge in [-0.3, -0.25) is 0 Å². The average Bonchev–Trinajstić information content (AvgIpc) is 3.19. The molecule has 154 valence electrons. The Morgan fingerprint density at radius 2 is 2.11 bits per heavy atom. The lowest BCUT2D eigenvalue weighted by Crippen LogP contribution is -2.49. The minimum Gasteiger partial charge on any atom is -0.392 e. The lowest BCUT2D eigenvalue weighted by atomic mass is 10.0. The highest BCUT2D eigenvalue weighted by Crippen LogP contribution is 2.36. The molecule has 28 heavy (non-hydrogen) atoms. The number of hydrogen-bond donors (Lipinski definition) is 2. The van der Waals surface area contributed by atoms with Crippen molar-refractivity contribution in [2.75, 3.05) is 24.7 Å².